The van der Waals surface area contributed by atoms with Crippen molar-refractivity contribution in [1.82, 2.24) is 9.88 Å². The quantitative estimate of drug-likeness (QED) is 0.316. The number of nitrogens with zero attached hydrogens (tertiary/aromatic N) is 2. The predicted molar refractivity (Wildman–Crippen MR) is 133 cm³/mol. The number of aromatic nitrogens is 1. The van der Waals surface area contributed by atoms with Crippen LogP contribution in [0.3, 0.4) is 0 Å². The van der Waals surface area contributed by atoms with E-state index in [1.165, 1.54) is 0 Å². The van der Waals surface area contributed by atoms with E-state index in [9.17, 15) is 4.79 Å². The maximum atomic E-state index is 13.3. The van der Waals surface area contributed by atoms with E-state index in [4.69, 9.17) is 9.47 Å². The number of carbonyl (C=O) groups is 1. The van der Waals surface area contributed by atoms with Crippen LogP contribution in [-0.2, 0) is 19.6 Å². The lowest BCUT2D eigenvalue weighted by atomic mass is 10.1. The Kier molecular flexibility index (Phi) is 7.90. The van der Waals surface area contributed by atoms with Crippen LogP contribution in [-0.4, -0.2) is 29.4 Å². The van der Waals surface area contributed by atoms with Gasteiger partial charge in [-0.25, -0.2) is 0 Å². The number of ether oxygens (including phenoxy) is 2. The van der Waals surface area contributed by atoms with Gasteiger partial charge in [-0.05, 0) is 47.5 Å². The smallest absolute Gasteiger partial charge is 0.254 e. The molecule has 0 unspecified atom stereocenters. The summed E-state index contributed by atoms with van der Waals surface area (Å²) < 4.78 is 11.6. The highest BCUT2D eigenvalue weighted by molar-refractivity contribution is 5.94. The average Bonchev–Trinajstić information content (AvgIpc) is 2.91. The Balaban J connectivity index is 1.50. The summed E-state index contributed by atoms with van der Waals surface area (Å²) in [7, 11) is 1.63. The van der Waals surface area contributed by atoms with Crippen LogP contribution in [0.15, 0.2) is 103 Å². The average molecular weight is 453 g/mol. The van der Waals surface area contributed by atoms with Crippen molar-refractivity contribution >= 4 is 5.91 Å². The van der Waals surface area contributed by atoms with Crippen LogP contribution in [0.2, 0.25) is 0 Å². The van der Waals surface area contributed by atoms with Crippen LogP contribution >= 0.6 is 0 Å². The summed E-state index contributed by atoms with van der Waals surface area (Å²) in [6, 6.07) is 31.0. The number of rotatable bonds is 10. The summed E-state index contributed by atoms with van der Waals surface area (Å²) in [5.41, 5.74) is 3.67. The summed E-state index contributed by atoms with van der Waals surface area (Å²) in [5, 5.41) is 0. The Labute approximate surface area is 200 Å². The lowest BCUT2D eigenvalue weighted by Gasteiger charge is -2.23. The van der Waals surface area contributed by atoms with Crippen LogP contribution < -0.4 is 9.47 Å². The monoisotopic (exact) mass is 452 g/mol. The first-order valence-electron chi connectivity index (χ1n) is 11.3. The van der Waals surface area contributed by atoms with Crippen LogP contribution in [0.25, 0.3) is 0 Å². The van der Waals surface area contributed by atoms with Crippen LogP contribution in [0, 0.1) is 0 Å². The van der Waals surface area contributed by atoms with E-state index in [-0.39, 0.29) is 5.91 Å². The van der Waals surface area contributed by atoms with Gasteiger partial charge >= 0.3 is 0 Å². The van der Waals surface area contributed by atoms with Crippen molar-refractivity contribution in [2.75, 3.05) is 13.7 Å². The van der Waals surface area contributed by atoms with E-state index in [1.807, 2.05) is 102 Å². The normalized spacial score (nSPS) is 10.5. The zero-order chi connectivity index (χ0) is 23.6. The first-order chi connectivity index (χ1) is 16.7. The largest absolute Gasteiger partial charge is 0.493 e. The molecule has 1 heterocycles. The first kappa shape index (κ1) is 23.1. The maximum absolute atomic E-state index is 13.3. The Morgan fingerprint density at radius 1 is 0.824 bits per heavy atom. The molecule has 5 nitrogen and oxygen atoms in total. The minimum Gasteiger partial charge on any atom is -0.493 e. The number of hydrogen-bond donors (Lipinski definition) is 0. The van der Waals surface area contributed by atoms with Crippen molar-refractivity contribution in [2.24, 2.45) is 0 Å². The van der Waals surface area contributed by atoms with E-state index in [0.29, 0.717) is 43.2 Å². The molecule has 0 fully saturated rings. The highest BCUT2D eigenvalue weighted by Crippen LogP contribution is 2.29. The third-order valence-electron chi connectivity index (χ3n) is 5.51. The second-order valence-corrected chi connectivity index (χ2v) is 7.92. The molecule has 172 valence electrons. The highest BCUT2D eigenvalue weighted by atomic mass is 16.5. The number of carbonyl (C=O) groups excluding carboxylic acids is 1. The molecule has 1 aromatic heterocycles. The molecule has 0 atom stereocenters. The molecular formula is C29H28N2O3. The third kappa shape index (κ3) is 6.23. The molecule has 34 heavy (non-hydrogen) atoms. The van der Waals surface area contributed by atoms with Gasteiger partial charge in [-0.2, -0.15) is 0 Å². The van der Waals surface area contributed by atoms with Crippen molar-refractivity contribution < 1.29 is 14.3 Å². The molecule has 0 aliphatic carbocycles. The molecule has 1 amide bonds. The number of amides is 1. The topological polar surface area (TPSA) is 51.7 Å². The SMILES string of the molecule is COc1cc(CN(CCc2ccccn2)C(=O)c2ccccc2)ccc1OCc1ccccc1. The van der Waals surface area contributed by atoms with Crippen LogP contribution in [0.4, 0.5) is 0 Å². The summed E-state index contributed by atoms with van der Waals surface area (Å²) in [5.74, 6) is 1.30. The summed E-state index contributed by atoms with van der Waals surface area (Å²) >= 11 is 0. The van der Waals surface area contributed by atoms with Crippen molar-refractivity contribution in [3.8, 4) is 11.5 Å². The lowest BCUT2D eigenvalue weighted by Crippen LogP contribution is -2.32. The Hall–Kier alpha value is -4.12. The van der Waals surface area contributed by atoms with Gasteiger partial charge in [0, 0.05) is 37.0 Å². The molecule has 0 bridgehead atoms. The van der Waals surface area contributed by atoms with Crippen molar-refractivity contribution in [2.45, 2.75) is 19.6 Å². The van der Waals surface area contributed by atoms with Gasteiger partial charge in [0.1, 0.15) is 6.61 Å². The van der Waals surface area contributed by atoms with E-state index in [0.717, 1.165) is 16.8 Å². The Morgan fingerprint density at radius 2 is 1.56 bits per heavy atom. The molecule has 3 aromatic carbocycles. The first-order valence-corrected chi connectivity index (χ1v) is 11.3. The van der Waals surface area contributed by atoms with Gasteiger partial charge in [-0.15, -0.1) is 0 Å². The van der Waals surface area contributed by atoms with Gasteiger partial charge in [-0.1, -0.05) is 60.7 Å². The van der Waals surface area contributed by atoms with E-state index in [1.54, 1.807) is 13.3 Å². The van der Waals surface area contributed by atoms with Crippen molar-refractivity contribution in [3.05, 3.63) is 126 Å². The van der Waals surface area contributed by atoms with Gasteiger partial charge in [0.2, 0.25) is 0 Å². The molecule has 0 saturated carbocycles. The molecule has 0 aliphatic rings. The second-order valence-electron chi connectivity index (χ2n) is 7.92. The molecule has 0 radical (unpaired) electrons. The molecule has 4 rings (SSSR count). The fraction of sp³-hybridized carbons (Fsp3) is 0.172. The zero-order valence-corrected chi connectivity index (χ0v) is 19.3. The third-order valence-corrected chi connectivity index (χ3v) is 5.51. The van der Waals surface area contributed by atoms with Gasteiger partial charge < -0.3 is 14.4 Å². The molecule has 0 spiro atoms. The summed E-state index contributed by atoms with van der Waals surface area (Å²) in [6.07, 6.45) is 2.45. The number of benzene rings is 3. The molecule has 5 heteroatoms. The van der Waals surface area contributed by atoms with Crippen molar-refractivity contribution in [3.63, 3.8) is 0 Å². The van der Waals surface area contributed by atoms with E-state index >= 15 is 0 Å². The Bertz CT molecular complexity index is 1180. The number of methoxy groups -OCH3 is 1. The van der Waals surface area contributed by atoms with Gasteiger partial charge in [0.25, 0.3) is 5.91 Å². The molecule has 4 aromatic rings. The summed E-state index contributed by atoms with van der Waals surface area (Å²) in [6.45, 7) is 1.47. The van der Waals surface area contributed by atoms with Gasteiger partial charge in [-0.3, -0.25) is 9.78 Å². The fourth-order valence-electron chi connectivity index (χ4n) is 3.70. The second kappa shape index (κ2) is 11.7. The number of hydrogen-bond acceptors (Lipinski definition) is 4. The fourth-order valence-corrected chi connectivity index (χ4v) is 3.70. The summed E-state index contributed by atoms with van der Waals surface area (Å²) in [4.78, 5) is 19.6. The van der Waals surface area contributed by atoms with Crippen LogP contribution in [0.1, 0.15) is 27.2 Å². The Morgan fingerprint density at radius 3 is 2.26 bits per heavy atom. The minimum absolute atomic E-state index is 0.0140. The maximum Gasteiger partial charge on any atom is 0.254 e. The minimum atomic E-state index is -0.0140. The van der Waals surface area contributed by atoms with Gasteiger partial charge in [0.05, 0.1) is 7.11 Å². The van der Waals surface area contributed by atoms with Crippen molar-refractivity contribution in [1.29, 1.82) is 0 Å². The molecule has 0 saturated heterocycles. The molecular weight excluding hydrogens is 424 g/mol. The lowest BCUT2D eigenvalue weighted by molar-refractivity contribution is 0.0744. The van der Waals surface area contributed by atoms with E-state index in [2.05, 4.69) is 4.98 Å². The van der Waals surface area contributed by atoms with Crippen LogP contribution in [0.5, 0.6) is 11.5 Å². The standard InChI is InChI=1S/C29H28N2O3/c1-33-28-20-24(15-16-27(28)34-22-23-10-4-2-5-11-23)21-31(19-17-26-14-8-9-18-30-26)29(32)25-12-6-3-7-13-25/h2-16,18,20H,17,19,21-22H2,1H3. The number of pyridine rings is 1. The zero-order valence-electron chi connectivity index (χ0n) is 19.3. The highest BCUT2D eigenvalue weighted by Gasteiger charge is 2.17. The van der Waals surface area contributed by atoms with Gasteiger partial charge in [0.15, 0.2) is 11.5 Å². The van der Waals surface area contributed by atoms with E-state index < -0.39 is 0 Å². The molecule has 0 N–H and O–H groups in total. The molecule has 0 aliphatic heterocycles. The predicted octanol–water partition coefficient (Wildman–Crippen LogP) is 5.55.